The molecule has 5 nitrogen and oxygen atoms in total. The zero-order chi connectivity index (χ0) is 14.3. The fourth-order valence-electron chi connectivity index (χ4n) is 2.45. The van der Waals surface area contributed by atoms with Crippen LogP contribution in [0.4, 0.5) is 5.69 Å². The Hall–Kier alpha value is -2.30. The summed E-state index contributed by atoms with van der Waals surface area (Å²) in [6.07, 6.45) is 1.76. The molecule has 0 aliphatic carbocycles. The third-order valence-corrected chi connectivity index (χ3v) is 3.68. The first-order chi connectivity index (χ1) is 9.58. The first-order valence-electron chi connectivity index (χ1n) is 6.60. The lowest BCUT2D eigenvalue weighted by atomic mass is 10.1. The minimum absolute atomic E-state index is 0.0749. The summed E-state index contributed by atoms with van der Waals surface area (Å²) in [6.45, 7) is 2.30. The second-order valence-electron chi connectivity index (χ2n) is 5.13. The number of carbonyl (C=O) groups is 1. The van der Waals surface area contributed by atoms with Crippen molar-refractivity contribution in [3.63, 3.8) is 0 Å². The molecule has 104 valence electrons. The number of benzene rings is 1. The first-order valence-corrected chi connectivity index (χ1v) is 6.60. The SMILES string of the molecule is C[C@H]1COc2ccc(-c3ccnn3C)cc2N(C)C1=O. The number of ether oxygens (including phenoxy) is 1. The highest BCUT2D eigenvalue weighted by molar-refractivity contribution is 5.97. The molecule has 1 amide bonds. The lowest BCUT2D eigenvalue weighted by Crippen LogP contribution is -2.31. The maximum atomic E-state index is 12.2. The van der Waals surface area contributed by atoms with E-state index in [4.69, 9.17) is 4.74 Å². The van der Waals surface area contributed by atoms with Gasteiger partial charge in [-0.15, -0.1) is 0 Å². The van der Waals surface area contributed by atoms with Crippen LogP contribution >= 0.6 is 0 Å². The largest absolute Gasteiger partial charge is 0.491 e. The van der Waals surface area contributed by atoms with Gasteiger partial charge in [0.15, 0.2) is 0 Å². The molecule has 5 heteroatoms. The van der Waals surface area contributed by atoms with Crippen LogP contribution in [0.2, 0.25) is 0 Å². The lowest BCUT2D eigenvalue weighted by molar-refractivity contribution is -0.122. The van der Waals surface area contributed by atoms with Crippen LogP contribution in [0.25, 0.3) is 11.3 Å². The van der Waals surface area contributed by atoms with Gasteiger partial charge in [0.05, 0.1) is 23.9 Å². The molecule has 1 aromatic heterocycles. The van der Waals surface area contributed by atoms with Gasteiger partial charge in [-0.2, -0.15) is 5.10 Å². The van der Waals surface area contributed by atoms with Crippen LogP contribution in [-0.4, -0.2) is 29.3 Å². The maximum Gasteiger partial charge on any atom is 0.233 e. The minimum Gasteiger partial charge on any atom is -0.491 e. The maximum absolute atomic E-state index is 12.2. The molecule has 3 rings (SSSR count). The first kappa shape index (κ1) is 12.7. The fourth-order valence-corrected chi connectivity index (χ4v) is 2.45. The molecule has 2 heterocycles. The van der Waals surface area contributed by atoms with Crippen LogP contribution < -0.4 is 9.64 Å². The van der Waals surface area contributed by atoms with Crippen molar-refractivity contribution in [3.8, 4) is 17.0 Å². The van der Waals surface area contributed by atoms with Crippen LogP contribution in [0, 0.1) is 5.92 Å². The molecule has 1 aromatic carbocycles. The van der Waals surface area contributed by atoms with Gasteiger partial charge in [-0.25, -0.2) is 0 Å². The molecule has 0 bridgehead atoms. The average molecular weight is 271 g/mol. The third kappa shape index (κ3) is 1.95. The van der Waals surface area contributed by atoms with E-state index in [9.17, 15) is 4.79 Å². The van der Waals surface area contributed by atoms with Gasteiger partial charge in [-0.3, -0.25) is 9.48 Å². The van der Waals surface area contributed by atoms with Crippen molar-refractivity contribution in [3.05, 3.63) is 30.5 Å². The third-order valence-electron chi connectivity index (χ3n) is 3.68. The van der Waals surface area contributed by atoms with E-state index in [1.54, 1.807) is 18.1 Å². The molecule has 0 fully saturated rings. The van der Waals surface area contributed by atoms with E-state index in [-0.39, 0.29) is 11.8 Å². The smallest absolute Gasteiger partial charge is 0.233 e. The second-order valence-corrected chi connectivity index (χ2v) is 5.13. The normalized spacial score (nSPS) is 18.4. The average Bonchev–Trinajstić information content (AvgIpc) is 2.85. The van der Waals surface area contributed by atoms with Gasteiger partial charge in [-0.05, 0) is 24.3 Å². The van der Waals surface area contributed by atoms with Crippen molar-refractivity contribution >= 4 is 11.6 Å². The molecular weight excluding hydrogens is 254 g/mol. The van der Waals surface area contributed by atoms with Crippen molar-refractivity contribution in [2.24, 2.45) is 13.0 Å². The van der Waals surface area contributed by atoms with Gasteiger partial charge < -0.3 is 9.64 Å². The van der Waals surface area contributed by atoms with E-state index in [1.165, 1.54) is 0 Å². The number of nitrogens with zero attached hydrogens (tertiary/aromatic N) is 3. The van der Waals surface area contributed by atoms with Crippen LogP contribution in [0.3, 0.4) is 0 Å². The van der Waals surface area contributed by atoms with Crippen molar-refractivity contribution in [1.29, 1.82) is 0 Å². The Labute approximate surface area is 117 Å². The second kappa shape index (κ2) is 4.67. The molecule has 1 aliphatic heterocycles. The van der Waals surface area contributed by atoms with Gasteiger partial charge in [0.1, 0.15) is 5.75 Å². The number of hydrogen-bond acceptors (Lipinski definition) is 3. The summed E-state index contributed by atoms with van der Waals surface area (Å²) in [5, 5.41) is 4.17. The van der Waals surface area contributed by atoms with E-state index in [1.807, 2.05) is 42.9 Å². The topological polar surface area (TPSA) is 47.4 Å². The summed E-state index contributed by atoms with van der Waals surface area (Å²) in [4.78, 5) is 13.9. The number of fused-ring (bicyclic) bond motifs is 1. The molecule has 0 saturated heterocycles. The predicted octanol–water partition coefficient (Wildman–Crippen LogP) is 2.08. The van der Waals surface area contributed by atoms with Gasteiger partial charge in [-0.1, -0.05) is 6.92 Å². The molecule has 0 saturated carbocycles. The van der Waals surface area contributed by atoms with Crippen LogP contribution in [0.5, 0.6) is 5.75 Å². The van der Waals surface area contributed by atoms with Gasteiger partial charge in [0, 0.05) is 25.9 Å². The summed E-state index contributed by atoms with van der Waals surface area (Å²) < 4.78 is 7.53. The standard InChI is InChI=1S/C15H17N3O2/c1-10-9-20-14-5-4-11(12-6-7-16-18(12)3)8-13(14)17(2)15(10)19/h4-8,10H,9H2,1-3H3/t10-/m0/s1. The van der Waals surface area contributed by atoms with E-state index in [0.717, 1.165) is 22.7 Å². The van der Waals surface area contributed by atoms with Crippen molar-refractivity contribution in [2.75, 3.05) is 18.6 Å². The molecule has 0 unspecified atom stereocenters. The number of amides is 1. The van der Waals surface area contributed by atoms with Crippen molar-refractivity contribution in [1.82, 2.24) is 9.78 Å². The van der Waals surface area contributed by atoms with Crippen LogP contribution in [-0.2, 0) is 11.8 Å². The highest BCUT2D eigenvalue weighted by Gasteiger charge is 2.26. The number of aryl methyl sites for hydroxylation is 1. The van der Waals surface area contributed by atoms with E-state index in [0.29, 0.717) is 6.61 Å². The van der Waals surface area contributed by atoms with E-state index in [2.05, 4.69) is 5.10 Å². The molecule has 0 N–H and O–H groups in total. The summed E-state index contributed by atoms with van der Waals surface area (Å²) in [7, 11) is 3.69. The van der Waals surface area contributed by atoms with Gasteiger partial charge in [0.2, 0.25) is 5.91 Å². The molecule has 1 aliphatic rings. The molecular formula is C15H17N3O2. The molecule has 0 spiro atoms. The quantitative estimate of drug-likeness (QED) is 0.797. The van der Waals surface area contributed by atoms with E-state index >= 15 is 0 Å². The molecule has 0 radical (unpaired) electrons. The molecule has 2 aromatic rings. The zero-order valence-electron chi connectivity index (χ0n) is 11.8. The number of hydrogen-bond donors (Lipinski definition) is 0. The summed E-state index contributed by atoms with van der Waals surface area (Å²) in [6, 6.07) is 7.83. The summed E-state index contributed by atoms with van der Waals surface area (Å²) in [5.74, 6) is 0.689. The highest BCUT2D eigenvalue weighted by Crippen LogP contribution is 2.35. The Morgan fingerprint density at radius 2 is 2.10 bits per heavy atom. The Balaban J connectivity index is 2.09. The monoisotopic (exact) mass is 271 g/mol. The molecule has 1 atom stereocenters. The minimum atomic E-state index is -0.132. The van der Waals surface area contributed by atoms with Gasteiger partial charge >= 0.3 is 0 Å². The van der Waals surface area contributed by atoms with Crippen molar-refractivity contribution < 1.29 is 9.53 Å². The Bertz CT molecular complexity index is 663. The van der Waals surface area contributed by atoms with Crippen molar-refractivity contribution in [2.45, 2.75) is 6.92 Å². The fraction of sp³-hybridized carbons (Fsp3) is 0.333. The Morgan fingerprint density at radius 1 is 1.30 bits per heavy atom. The number of rotatable bonds is 1. The van der Waals surface area contributed by atoms with Crippen LogP contribution in [0.1, 0.15) is 6.92 Å². The number of aromatic nitrogens is 2. The Kier molecular flexibility index (Phi) is 2.97. The number of anilines is 1. The summed E-state index contributed by atoms with van der Waals surface area (Å²) in [5.41, 5.74) is 2.82. The van der Waals surface area contributed by atoms with Crippen LogP contribution in [0.15, 0.2) is 30.5 Å². The van der Waals surface area contributed by atoms with E-state index < -0.39 is 0 Å². The predicted molar refractivity (Wildman–Crippen MR) is 76.7 cm³/mol. The highest BCUT2D eigenvalue weighted by atomic mass is 16.5. The van der Waals surface area contributed by atoms with Gasteiger partial charge in [0.25, 0.3) is 0 Å². The zero-order valence-corrected chi connectivity index (χ0v) is 11.8. The molecule has 20 heavy (non-hydrogen) atoms. The summed E-state index contributed by atoms with van der Waals surface area (Å²) >= 11 is 0. The Morgan fingerprint density at radius 3 is 2.80 bits per heavy atom. The number of carbonyl (C=O) groups excluding carboxylic acids is 1. The lowest BCUT2D eigenvalue weighted by Gasteiger charge is -2.18.